The molecular formula is C16H19N3O3. The zero-order valence-electron chi connectivity index (χ0n) is 13.1. The van der Waals surface area contributed by atoms with Crippen LogP contribution in [0.25, 0.3) is 0 Å². The Morgan fingerprint density at radius 2 is 1.82 bits per heavy atom. The third kappa shape index (κ3) is 3.78. The lowest BCUT2D eigenvalue weighted by atomic mass is 10.1. The van der Waals surface area contributed by atoms with Crippen molar-refractivity contribution in [2.24, 2.45) is 0 Å². The number of benzene rings is 1. The summed E-state index contributed by atoms with van der Waals surface area (Å²) in [5.74, 6) is 1.91. The van der Waals surface area contributed by atoms with Gasteiger partial charge in [-0.3, -0.25) is 10.1 Å². The first-order valence-electron chi connectivity index (χ1n) is 7.18. The van der Waals surface area contributed by atoms with Gasteiger partial charge < -0.3 is 4.74 Å². The third-order valence-electron chi connectivity index (χ3n) is 3.10. The maximum Gasteiger partial charge on any atom is 0.273 e. The number of aromatic nitrogens is 2. The van der Waals surface area contributed by atoms with Crippen LogP contribution < -0.4 is 4.74 Å². The summed E-state index contributed by atoms with van der Waals surface area (Å²) in [5, 5.41) is 10.8. The van der Waals surface area contributed by atoms with Gasteiger partial charge in [0.15, 0.2) is 0 Å². The van der Waals surface area contributed by atoms with Crippen molar-refractivity contribution < 1.29 is 9.66 Å². The van der Waals surface area contributed by atoms with E-state index in [1.807, 2.05) is 27.7 Å². The van der Waals surface area contributed by atoms with Crippen molar-refractivity contribution >= 4 is 5.69 Å². The van der Waals surface area contributed by atoms with E-state index in [1.165, 1.54) is 12.1 Å². The summed E-state index contributed by atoms with van der Waals surface area (Å²) >= 11 is 0. The summed E-state index contributed by atoms with van der Waals surface area (Å²) in [6.07, 6.45) is 0. The molecule has 0 unspecified atom stereocenters. The Bertz CT molecular complexity index is 658. The zero-order chi connectivity index (χ0) is 16.3. The highest BCUT2D eigenvalue weighted by Crippen LogP contribution is 2.27. The first-order chi connectivity index (χ1) is 10.4. The second-order valence-corrected chi connectivity index (χ2v) is 5.66. The van der Waals surface area contributed by atoms with Crippen LogP contribution in [-0.2, 0) is 0 Å². The Labute approximate surface area is 129 Å². The number of non-ortho nitro benzene ring substituents is 1. The molecule has 0 saturated heterocycles. The van der Waals surface area contributed by atoms with Gasteiger partial charge in [0.2, 0.25) is 5.88 Å². The van der Waals surface area contributed by atoms with Crippen molar-refractivity contribution in [3.63, 3.8) is 0 Å². The van der Waals surface area contributed by atoms with E-state index in [0.717, 1.165) is 5.69 Å². The zero-order valence-corrected chi connectivity index (χ0v) is 13.1. The molecule has 1 aromatic carbocycles. The first-order valence-corrected chi connectivity index (χ1v) is 7.18. The maximum atomic E-state index is 10.8. The van der Waals surface area contributed by atoms with Gasteiger partial charge in [0, 0.05) is 18.1 Å². The summed E-state index contributed by atoms with van der Waals surface area (Å²) in [6, 6.07) is 7.83. The quantitative estimate of drug-likeness (QED) is 0.603. The monoisotopic (exact) mass is 301 g/mol. The molecule has 2 aromatic rings. The molecule has 0 bridgehead atoms. The minimum absolute atomic E-state index is 0.0141. The molecule has 0 N–H and O–H groups in total. The largest absolute Gasteiger partial charge is 0.439 e. The lowest BCUT2D eigenvalue weighted by Crippen LogP contribution is -2.04. The molecule has 0 saturated carbocycles. The van der Waals surface area contributed by atoms with E-state index in [1.54, 1.807) is 18.2 Å². The number of ether oxygens (including phenoxy) is 1. The second-order valence-electron chi connectivity index (χ2n) is 5.66. The van der Waals surface area contributed by atoms with Crippen molar-refractivity contribution in [2.75, 3.05) is 0 Å². The molecule has 0 spiro atoms. The fraction of sp³-hybridized carbons (Fsp3) is 0.375. The fourth-order valence-corrected chi connectivity index (χ4v) is 1.85. The minimum atomic E-state index is -0.452. The van der Waals surface area contributed by atoms with Gasteiger partial charge in [-0.2, -0.15) is 4.98 Å². The molecule has 0 aliphatic carbocycles. The van der Waals surface area contributed by atoms with Gasteiger partial charge in [-0.1, -0.05) is 33.8 Å². The second kappa shape index (κ2) is 6.51. The Hall–Kier alpha value is -2.50. The fourth-order valence-electron chi connectivity index (χ4n) is 1.85. The summed E-state index contributed by atoms with van der Waals surface area (Å²) in [7, 11) is 0. The first kappa shape index (κ1) is 15.9. The van der Waals surface area contributed by atoms with Crippen LogP contribution in [-0.4, -0.2) is 14.9 Å². The van der Waals surface area contributed by atoms with E-state index < -0.39 is 4.92 Å². The number of hydrogen-bond donors (Lipinski definition) is 0. The molecule has 0 aliphatic rings. The Morgan fingerprint density at radius 3 is 2.41 bits per heavy atom. The van der Waals surface area contributed by atoms with Crippen LogP contribution in [0.1, 0.15) is 51.0 Å². The van der Waals surface area contributed by atoms with Gasteiger partial charge in [-0.05, 0) is 12.0 Å². The average Bonchev–Trinajstić information content (AvgIpc) is 2.47. The Balaban J connectivity index is 2.36. The molecule has 22 heavy (non-hydrogen) atoms. The van der Waals surface area contributed by atoms with Crippen molar-refractivity contribution in [3.05, 3.63) is 52.0 Å². The van der Waals surface area contributed by atoms with Gasteiger partial charge in [0.1, 0.15) is 11.6 Å². The lowest BCUT2D eigenvalue weighted by Gasteiger charge is -2.12. The standard InChI is InChI=1S/C16H19N3O3/c1-10(2)14-9-15(18-16(17-14)11(3)4)22-13-7-5-6-12(8-13)19(20)21/h5-11H,1-4H3. The van der Waals surface area contributed by atoms with E-state index in [-0.39, 0.29) is 17.5 Å². The molecule has 0 fully saturated rings. The molecular weight excluding hydrogens is 282 g/mol. The van der Waals surface area contributed by atoms with Crippen LogP contribution in [0.5, 0.6) is 11.6 Å². The van der Waals surface area contributed by atoms with Crippen molar-refractivity contribution in [1.82, 2.24) is 9.97 Å². The third-order valence-corrected chi connectivity index (χ3v) is 3.10. The number of nitro groups is 1. The van der Waals surface area contributed by atoms with Gasteiger partial charge in [-0.25, -0.2) is 4.98 Å². The SMILES string of the molecule is CC(C)c1cc(Oc2cccc([N+](=O)[O-])c2)nc(C(C)C)n1. The number of nitrogens with zero attached hydrogens (tertiary/aromatic N) is 3. The van der Waals surface area contributed by atoms with Crippen molar-refractivity contribution in [2.45, 2.75) is 39.5 Å². The molecule has 1 aromatic heterocycles. The summed E-state index contributed by atoms with van der Waals surface area (Å²) in [6.45, 7) is 8.11. The highest BCUT2D eigenvalue weighted by atomic mass is 16.6. The van der Waals surface area contributed by atoms with Gasteiger partial charge >= 0.3 is 0 Å². The van der Waals surface area contributed by atoms with Crippen LogP contribution in [0, 0.1) is 10.1 Å². The highest BCUT2D eigenvalue weighted by Gasteiger charge is 2.13. The molecule has 0 amide bonds. The van der Waals surface area contributed by atoms with Crippen molar-refractivity contribution in [1.29, 1.82) is 0 Å². The molecule has 6 heteroatoms. The smallest absolute Gasteiger partial charge is 0.273 e. The van der Waals surface area contributed by atoms with Crippen LogP contribution in [0.3, 0.4) is 0 Å². The molecule has 0 atom stereocenters. The van der Waals surface area contributed by atoms with Gasteiger partial charge in [-0.15, -0.1) is 0 Å². The van der Waals surface area contributed by atoms with Crippen LogP contribution in [0.2, 0.25) is 0 Å². The van der Waals surface area contributed by atoms with E-state index in [2.05, 4.69) is 9.97 Å². The summed E-state index contributed by atoms with van der Waals surface area (Å²) in [5.41, 5.74) is 0.874. The Morgan fingerprint density at radius 1 is 1.09 bits per heavy atom. The van der Waals surface area contributed by atoms with Crippen LogP contribution in [0.15, 0.2) is 30.3 Å². The normalized spacial score (nSPS) is 11.0. The maximum absolute atomic E-state index is 10.8. The Kier molecular flexibility index (Phi) is 4.70. The molecule has 2 rings (SSSR count). The predicted molar refractivity (Wildman–Crippen MR) is 83.4 cm³/mol. The van der Waals surface area contributed by atoms with Gasteiger partial charge in [0.05, 0.1) is 16.7 Å². The molecule has 0 radical (unpaired) electrons. The van der Waals surface area contributed by atoms with Crippen LogP contribution >= 0.6 is 0 Å². The summed E-state index contributed by atoms with van der Waals surface area (Å²) in [4.78, 5) is 19.3. The average molecular weight is 301 g/mol. The molecule has 0 aliphatic heterocycles. The number of nitro benzene ring substituents is 1. The molecule has 1 heterocycles. The van der Waals surface area contributed by atoms with E-state index in [4.69, 9.17) is 4.74 Å². The van der Waals surface area contributed by atoms with E-state index >= 15 is 0 Å². The molecule has 6 nitrogen and oxygen atoms in total. The van der Waals surface area contributed by atoms with E-state index in [9.17, 15) is 10.1 Å². The lowest BCUT2D eigenvalue weighted by molar-refractivity contribution is -0.384. The van der Waals surface area contributed by atoms with E-state index in [0.29, 0.717) is 17.5 Å². The van der Waals surface area contributed by atoms with Crippen LogP contribution in [0.4, 0.5) is 5.69 Å². The molecule has 116 valence electrons. The van der Waals surface area contributed by atoms with Crippen molar-refractivity contribution in [3.8, 4) is 11.6 Å². The summed E-state index contributed by atoms with van der Waals surface area (Å²) < 4.78 is 5.70. The van der Waals surface area contributed by atoms with Gasteiger partial charge in [0.25, 0.3) is 5.69 Å². The minimum Gasteiger partial charge on any atom is -0.439 e. The predicted octanol–water partition coefficient (Wildman–Crippen LogP) is 4.42. The highest BCUT2D eigenvalue weighted by molar-refractivity contribution is 5.39. The topological polar surface area (TPSA) is 78.2 Å². The number of rotatable bonds is 5. The number of hydrogen-bond acceptors (Lipinski definition) is 5.